The minimum absolute atomic E-state index is 0.0906. The Kier molecular flexibility index (Phi) is 6.33. The molecule has 86 valence electrons. The second-order valence-electron chi connectivity index (χ2n) is 4.29. The van der Waals surface area contributed by atoms with Crippen molar-refractivity contribution in [2.45, 2.75) is 33.2 Å². The molecule has 0 aromatic rings. The lowest BCUT2D eigenvalue weighted by Crippen LogP contribution is -2.56. The number of hydrogen-bond acceptors (Lipinski definition) is 3. The number of rotatable bonds is 7. The Hall–Kier alpha value is -0.120. The predicted octanol–water partition coefficient (Wildman–Crippen LogP) is 1.33. The standard InChI is InChI=1S/C11H26N2O/c1-6-13(7-8-14-5)11(4,9-12)10(2)3/h10H,6-9,12H2,1-5H3. The van der Waals surface area contributed by atoms with Crippen molar-refractivity contribution in [3.63, 3.8) is 0 Å². The summed E-state index contributed by atoms with van der Waals surface area (Å²) in [6.45, 7) is 12.3. The Morgan fingerprint density at radius 1 is 1.43 bits per heavy atom. The molecule has 0 amide bonds. The number of likely N-dealkylation sites (N-methyl/N-ethyl adjacent to an activating group) is 1. The molecule has 0 heterocycles. The van der Waals surface area contributed by atoms with Gasteiger partial charge in [-0.25, -0.2) is 0 Å². The maximum atomic E-state index is 5.87. The second-order valence-corrected chi connectivity index (χ2v) is 4.29. The number of nitrogens with two attached hydrogens (primary N) is 1. The highest BCUT2D eigenvalue weighted by Gasteiger charge is 2.32. The summed E-state index contributed by atoms with van der Waals surface area (Å²) >= 11 is 0. The molecular weight excluding hydrogens is 176 g/mol. The Morgan fingerprint density at radius 2 is 2.00 bits per heavy atom. The zero-order chi connectivity index (χ0) is 11.2. The molecule has 0 spiro atoms. The summed E-state index contributed by atoms with van der Waals surface area (Å²) in [5.41, 5.74) is 5.96. The lowest BCUT2D eigenvalue weighted by molar-refractivity contribution is 0.0452. The molecule has 0 aliphatic rings. The van der Waals surface area contributed by atoms with Crippen LogP contribution in [-0.4, -0.2) is 43.8 Å². The summed E-state index contributed by atoms with van der Waals surface area (Å²) < 4.78 is 5.11. The van der Waals surface area contributed by atoms with Gasteiger partial charge >= 0.3 is 0 Å². The lowest BCUT2D eigenvalue weighted by Gasteiger charge is -2.43. The second kappa shape index (κ2) is 6.38. The van der Waals surface area contributed by atoms with Crippen LogP contribution in [0.4, 0.5) is 0 Å². The number of methoxy groups -OCH3 is 1. The Bertz CT molecular complexity index is 150. The van der Waals surface area contributed by atoms with E-state index in [0.29, 0.717) is 12.5 Å². The SMILES string of the molecule is CCN(CCOC)C(C)(CN)C(C)C. The van der Waals surface area contributed by atoms with E-state index in [1.165, 1.54) is 0 Å². The van der Waals surface area contributed by atoms with Crippen LogP contribution in [0, 0.1) is 5.92 Å². The first-order valence-electron chi connectivity index (χ1n) is 5.47. The van der Waals surface area contributed by atoms with Crippen LogP contribution in [0.1, 0.15) is 27.7 Å². The summed E-state index contributed by atoms with van der Waals surface area (Å²) in [6, 6.07) is 0. The van der Waals surface area contributed by atoms with Crippen LogP contribution in [0.5, 0.6) is 0 Å². The summed E-state index contributed by atoms with van der Waals surface area (Å²) in [5.74, 6) is 0.560. The zero-order valence-corrected chi connectivity index (χ0v) is 10.3. The van der Waals surface area contributed by atoms with E-state index in [4.69, 9.17) is 10.5 Å². The van der Waals surface area contributed by atoms with Crippen LogP contribution >= 0.6 is 0 Å². The summed E-state index contributed by atoms with van der Waals surface area (Å²) in [7, 11) is 1.74. The molecule has 14 heavy (non-hydrogen) atoms. The van der Waals surface area contributed by atoms with Gasteiger partial charge in [-0.2, -0.15) is 0 Å². The van der Waals surface area contributed by atoms with Gasteiger partial charge in [0.05, 0.1) is 6.61 Å². The first-order chi connectivity index (χ1) is 6.52. The summed E-state index contributed by atoms with van der Waals surface area (Å²) in [4.78, 5) is 2.40. The molecule has 0 fully saturated rings. The van der Waals surface area contributed by atoms with Gasteiger partial charge in [0.1, 0.15) is 0 Å². The number of hydrogen-bond donors (Lipinski definition) is 1. The monoisotopic (exact) mass is 202 g/mol. The van der Waals surface area contributed by atoms with Crippen LogP contribution in [0.2, 0.25) is 0 Å². The molecule has 0 saturated carbocycles. The highest BCUT2D eigenvalue weighted by Crippen LogP contribution is 2.22. The molecule has 0 bridgehead atoms. The van der Waals surface area contributed by atoms with Gasteiger partial charge in [-0.05, 0) is 19.4 Å². The average molecular weight is 202 g/mol. The highest BCUT2D eigenvalue weighted by atomic mass is 16.5. The van der Waals surface area contributed by atoms with E-state index in [9.17, 15) is 0 Å². The third-order valence-corrected chi connectivity index (χ3v) is 3.33. The molecule has 2 N–H and O–H groups in total. The van der Waals surface area contributed by atoms with Crippen molar-refractivity contribution < 1.29 is 4.74 Å². The molecule has 0 aliphatic carbocycles. The third-order valence-electron chi connectivity index (χ3n) is 3.33. The van der Waals surface area contributed by atoms with E-state index in [0.717, 1.165) is 19.7 Å². The fraction of sp³-hybridized carbons (Fsp3) is 1.00. The fourth-order valence-electron chi connectivity index (χ4n) is 1.71. The maximum Gasteiger partial charge on any atom is 0.0589 e. The van der Waals surface area contributed by atoms with E-state index in [-0.39, 0.29) is 5.54 Å². The Labute approximate surface area is 88.6 Å². The van der Waals surface area contributed by atoms with Crippen molar-refractivity contribution in [3.8, 4) is 0 Å². The number of ether oxygens (including phenoxy) is 1. The zero-order valence-electron chi connectivity index (χ0n) is 10.3. The molecule has 0 aromatic carbocycles. The molecule has 0 radical (unpaired) electrons. The normalized spacial score (nSPS) is 16.3. The van der Waals surface area contributed by atoms with Crippen LogP contribution in [0.15, 0.2) is 0 Å². The minimum atomic E-state index is 0.0906. The van der Waals surface area contributed by atoms with Gasteiger partial charge in [0.2, 0.25) is 0 Å². The van der Waals surface area contributed by atoms with Crippen LogP contribution in [0.25, 0.3) is 0 Å². The molecule has 1 unspecified atom stereocenters. The van der Waals surface area contributed by atoms with Crippen molar-refractivity contribution in [1.29, 1.82) is 0 Å². The first kappa shape index (κ1) is 13.9. The minimum Gasteiger partial charge on any atom is -0.383 e. The van der Waals surface area contributed by atoms with Gasteiger partial charge in [0, 0.05) is 25.7 Å². The van der Waals surface area contributed by atoms with Gasteiger partial charge in [-0.3, -0.25) is 4.90 Å². The average Bonchev–Trinajstić information content (AvgIpc) is 2.18. The molecule has 3 heteroatoms. The quantitative estimate of drug-likeness (QED) is 0.677. The topological polar surface area (TPSA) is 38.5 Å². The van der Waals surface area contributed by atoms with Crippen LogP contribution < -0.4 is 5.73 Å². The Morgan fingerprint density at radius 3 is 2.29 bits per heavy atom. The van der Waals surface area contributed by atoms with E-state index >= 15 is 0 Å². The van der Waals surface area contributed by atoms with Crippen molar-refractivity contribution >= 4 is 0 Å². The smallest absolute Gasteiger partial charge is 0.0589 e. The van der Waals surface area contributed by atoms with E-state index in [2.05, 4.69) is 32.6 Å². The van der Waals surface area contributed by atoms with Crippen molar-refractivity contribution in [1.82, 2.24) is 4.90 Å². The van der Waals surface area contributed by atoms with Crippen molar-refractivity contribution in [2.75, 3.05) is 33.4 Å². The first-order valence-corrected chi connectivity index (χ1v) is 5.47. The van der Waals surface area contributed by atoms with E-state index in [1.54, 1.807) is 7.11 Å². The van der Waals surface area contributed by atoms with Crippen molar-refractivity contribution in [3.05, 3.63) is 0 Å². The van der Waals surface area contributed by atoms with Gasteiger partial charge in [0.15, 0.2) is 0 Å². The molecule has 3 nitrogen and oxygen atoms in total. The van der Waals surface area contributed by atoms with Gasteiger partial charge in [-0.15, -0.1) is 0 Å². The molecule has 1 atom stereocenters. The third kappa shape index (κ3) is 3.23. The van der Waals surface area contributed by atoms with Gasteiger partial charge < -0.3 is 10.5 Å². The molecular formula is C11H26N2O. The molecule has 0 aromatic heterocycles. The predicted molar refractivity (Wildman–Crippen MR) is 61.4 cm³/mol. The maximum absolute atomic E-state index is 5.87. The van der Waals surface area contributed by atoms with Crippen LogP contribution in [0.3, 0.4) is 0 Å². The highest BCUT2D eigenvalue weighted by molar-refractivity contribution is 4.89. The number of nitrogens with zero attached hydrogens (tertiary/aromatic N) is 1. The van der Waals surface area contributed by atoms with E-state index < -0.39 is 0 Å². The molecule has 0 rings (SSSR count). The molecule has 0 aliphatic heterocycles. The van der Waals surface area contributed by atoms with E-state index in [1.807, 2.05) is 0 Å². The Balaban J connectivity index is 4.43. The summed E-state index contributed by atoms with van der Waals surface area (Å²) in [6.07, 6.45) is 0. The molecule has 0 saturated heterocycles. The fourth-order valence-corrected chi connectivity index (χ4v) is 1.71. The van der Waals surface area contributed by atoms with Gasteiger partial charge in [-0.1, -0.05) is 20.8 Å². The lowest BCUT2D eigenvalue weighted by atomic mass is 9.86. The van der Waals surface area contributed by atoms with Crippen LogP contribution in [-0.2, 0) is 4.74 Å². The summed E-state index contributed by atoms with van der Waals surface area (Å²) in [5, 5.41) is 0. The van der Waals surface area contributed by atoms with Gasteiger partial charge in [0.25, 0.3) is 0 Å². The largest absolute Gasteiger partial charge is 0.383 e. The van der Waals surface area contributed by atoms with Crippen molar-refractivity contribution in [2.24, 2.45) is 11.7 Å².